The summed E-state index contributed by atoms with van der Waals surface area (Å²) < 4.78 is 17.0. The van der Waals surface area contributed by atoms with Crippen molar-refractivity contribution in [1.82, 2.24) is 4.90 Å². The molecule has 0 spiro atoms. The topological polar surface area (TPSA) is 74.0 Å². The van der Waals surface area contributed by atoms with Crippen LogP contribution in [0.3, 0.4) is 0 Å². The molecule has 0 saturated carbocycles. The molecule has 0 bridgehead atoms. The molecule has 7 heteroatoms. The number of hydrogen-bond donors (Lipinski definition) is 1. The van der Waals surface area contributed by atoms with Crippen molar-refractivity contribution in [3.8, 4) is 11.5 Å². The molecule has 0 aromatic heterocycles. The molecule has 0 aliphatic carbocycles. The van der Waals surface area contributed by atoms with E-state index in [1.54, 1.807) is 4.90 Å². The number of ether oxygens (including phenoxy) is 3. The van der Waals surface area contributed by atoms with Crippen LogP contribution in [0, 0.1) is 5.92 Å². The van der Waals surface area contributed by atoms with Crippen LogP contribution in [-0.4, -0.2) is 55.9 Å². The molecular weight excluding hydrogens is 344 g/mol. The van der Waals surface area contributed by atoms with Crippen LogP contribution in [-0.2, 0) is 9.53 Å². The van der Waals surface area contributed by atoms with Gasteiger partial charge in [0.2, 0.25) is 5.91 Å². The summed E-state index contributed by atoms with van der Waals surface area (Å²) in [6, 6.07) is 7.12. The molecule has 1 fully saturated rings. The first kappa shape index (κ1) is 19.8. The van der Waals surface area contributed by atoms with Crippen LogP contribution >= 0.6 is 12.4 Å². The monoisotopic (exact) mass is 370 g/mol. The van der Waals surface area contributed by atoms with Gasteiger partial charge in [0.15, 0.2) is 17.6 Å². The molecule has 1 aromatic carbocycles. The van der Waals surface area contributed by atoms with Crippen LogP contribution in [0.2, 0.25) is 0 Å². The number of nitrogens with two attached hydrogens (primary N) is 1. The molecule has 2 atom stereocenters. The minimum Gasteiger partial charge on any atom is -0.486 e. The predicted octanol–water partition coefficient (Wildman–Crippen LogP) is 1.85. The van der Waals surface area contributed by atoms with Crippen molar-refractivity contribution in [1.29, 1.82) is 0 Å². The number of likely N-dealkylation sites (N-methyl/N-ethyl adjacent to an activating group) is 1. The minimum atomic E-state index is -0.467. The molecule has 2 heterocycles. The molecule has 1 aromatic rings. The minimum absolute atomic E-state index is 0. The number of hydrogen-bond acceptors (Lipinski definition) is 5. The van der Waals surface area contributed by atoms with E-state index >= 15 is 0 Å². The van der Waals surface area contributed by atoms with Gasteiger partial charge in [-0.25, -0.2) is 0 Å². The summed E-state index contributed by atoms with van der Waals surface area (Å²) >= 11 is 0. The van der Waals surface area contributed by atoms with E-state index in [0.717, 1.165) is 24.3 Å². The molecule has 3 rings (SSSR count). The second kappa shape index (κ2) is 9.27. The lowest BCUT2D eigenvalue weighted by Crippen LogP contribution is -2.52. The zero-order valence-corrected chi connectivity index (χ0v) is 15.4. The Hall–Kier alpha value is -1.50. The maximum absolute atomic E-state index is 12.8. The fourth-order valence-electron chi connectivity index (χ4n) is 3.26. The molecule has 2 aliphatic heterocycles. The van der Waals surface area contributed by atoms with E-state index in [9.17, 15) is 4.79 Å². The molecule has 1 saturated heterocycles. The Bertz CT molecular complexity index is 566. The fraction of sp³-hybridized carbons (Fsp3) is 0.611. The third-order valence-corrected chi connectivity index (χ3v) is 4.74. The lowest BCUT2D eigenvalue weighted by molar-refractivity contribution is -0.136. The smallest absolute Gasteiger partial charge is 0.239 e. The van der Waals surface area contributed by atoms with E-state index in [1.165, 1.54) is 0 Å². The first-order chi connectivity index (χ1) is 11.7. The first-order valence-corrected chi connectivity index (χ1v) is 8.69. The van der Waals surface area contributed by atoms with Gasteiger partial charge in [-0.05, 0) is 37.8 Å². The van der Waals surface area contributed by atoms with E-state index in [2.05, 4.69) is 0 Å². The highest BCUT2D eigenvalue weighted by atomic mass is 35.5. The lowest BCUT2D eigenvalue weighted by atomic mass is 9.91. The van der Waals surface area contributed by atoms with E-state index in [0.29, 0.717) is 32.9 Å². The number of carbonyl (C=O) groups excluding carboxylic acids is 1. The van der Waals surface area contributed by atoms with Gasteiger partial charge in [-0.2, -0.15) is 0 Å². The molecule has 1 amide bonds. The quantitative estimate of drug-likeness (QED) is 0.856. The van der Waals surface area contributed by atoms with Crippen molar-refractivity contribution in [2.75, 3.05) is 32.9 Å². The lowest BCUT2D eigenvalue weighted by Gasteiger charge is -2.34. The Labute approximate surface area is 155 Å². The predicted molar refractivity (Wildman–Crippen MR) is 97.4 cm³/mol. The second-order valence-corrected chi connectivity index (χ2v) is 6.35. The molecule has 2 N–H and O–H groups in total. The summed E-state index contributed by atoms with van der Waals surface area (Å²) in [7, 11) is 0. The summed E-state index contributed by atoms with van der Waals surface area (Å²) in [5.41, 5.74) is 6.23. The van der Waals surface area contributed by atoms with Gasteiger partial charge in [0.05, 0.1) is 12.6 Å². The number of para-hydroxylation sites is 2. The van der Waals surface area contributed by atoms with Crippen molar-refractivity contribution in [2.45, 2.75) is 31.9 Å². The van der Waals surface area contributed by atoms with Crippen LogP contribution in [0.4, 0.5) is 0 Å². The normalized spacial score (nSPS) is 21.1. The third kappa shape index (κ3) is 4.77. The van der Waals surface area contributed by atoms with E-state index in [4.69, 9.17) is 19.9 Å². The largest absolute Gasteiger partial charge is 0.486 e. The Balaban J connectivity index is 0.00000225. The van der Waals surface area contributed by atoms with E-state index in [-0.39, 0.29) is 30.3 Å². The Kier molecular flexibility index (Phi) is 7.35. The number of nitrogens with zero attached hydrogens (tertiary/aromatic N) is 1. The van der Waals surface area contributed by atoms with Gasteiger partial charge < -0.3 is 24.8 Å². The number of amides is 1. The molecule has 0 radical (unpaired) electrons. The van der Waals surface area contributed by atoms with Crippen LogP contribution in [0.15, 0.2) is 24.3 Å². The van der Waals surface area contributed by atoms with Gasteiger partial charge >= 0.3 is 0 Å². The fourth-order valence-corrected chi connectivity index (χ4v) is 3.26. The maximum Gasteiger partial charge on any atom is 0.239 e. The van der Waals surface area contributed by atoms with Gasteiger partial charge in [0.1, 0.15) is 6.61 Å². The number of halogens is 1. The van der Waals surface area contributed by atoms with Crippen molar-refractivity contribution in [2.24, 2.45) is 11.7 Å². The van der Waals surface area contributed by atoms with Crippen molar-refractivity contribution < 1.29 is 19.0 Å². The highest BCUT2D eigenvalue weighted by molar-refractivity contribution is 5.85. The average Bonchev–Trinajstić information content (AvgIpc) is 2.65. The van der Waals surface area contributed by atoms with Crippen LogP contribution in [0.5, 0.6) is 11.5 Å². The molecular formula is C18H27ClN2O4. The Morgan fingerprint density at radius 1 is 1.28 bits per heavy atom. The summed E-state index contributed by atoms with van der Waals surface area (Å²) in [4.78, 5) is 14.5. The van der Waals surface area contributed by atoms with Gasteiger partial charge in [-0.3, -0.25) is 4.79 Å². The molecule has 25 heavy (non-hydrogen) atoms. The van der Waals surface area contributed by atoms with Crippen LogP contribution in [0.1, 0.15) is 19.8 Å². The van der Waals surface area contributed by atoms with Gasteiger partial charge in [-0.15, -0.1) is 12.4 Å². The highest BCUT2D eigenvalue weighted by Crippen LogP contribution is 2.31. The molecule has 2 aliphatic rings. The third-order valence-electron chi connectivity index (χ3n) is 4.74. The standard InChI is InChI=1S/C18H26N2O4.ClH/c1-2-20(18(21)17(19)13-7-9-22-10-8-13)11-14-12-23-15-5-3-4-6-16(15)24-14;/h3-6,13-14,17H,2,7-12,19H2,1H3;1H. The van der Waals surface area contributed by atoms with E-state index in [1.807, 2.05) is 31.2 Å². The maximum atomic E-state index is 12.8. The summed E-state index contributed by atoms with van der Waals surface area (Å²) in [5.74, 6) is 1.67. The van der Waals surface area contributed by atoms with Crippen molar-refractivity contribution in [3.05, 3.63) is 24.3 Å². The highest BCUT2D eigenvalue weighted by Gasteiger charge is 2.31. The number of benzene rings is 1. The molecule has 140 valence electrons. The Morgan fingerprint density at radius 3 is 2.64 bits per heavy atom. The van der Waals surface area contributed by atoms with Crippen molar-refractivity contribution in [3.63, 3.8) is 0 Å². The first-order valence-electron chi connectivity index (χ1n) is 8.69. The second-order valence-electron chi connectivity index (χ2n) is 6.35. The summed E-state index contributed by atoms with van der Waals surface area (Å²) in [6.07, 6.45) is 1.52. The zero-order chi connectivity index (χ0) is 16.9. The number of fused-ring (bicyclic) bond motifs is 1. The number of carbonyl (C=O) groups is 1. The zero-order valence-electron chi connectivity index (χ0n) is 14.6. The number of rotatable bonds is 5. The van der Waals surface area contributed by atoms with Gasteiger partial charge in [0, 0.05) is 19.8 Å². The average molecular weight is 371 g/mol. The van der Waals surface area contributed by atoms with Crippen LogP contribution in [0.25, 0.3) is 0 Å². The summed E-state index contributed by atoms with van der Waals surface area (Å²) in [6.45, 7) is 4.87. The molecule has 6 nitrogen and oxygen atoms in total. The van der Waals surface area contributed by atoms with E-state index < -0.39 is 6.04 Å². The van der Waals surface area contributed by atoms with Crippen LogP contribution < -0.4 is 15.2 Å². The SMILES string of the molecule is CCN(CC1COc2ccccc2O1)C(=O)C(N)C1CCOCC1.Cl. The van der Waals surface area contributed by atoms with Gasteiger partial charge in [0.25, 0.3) is 0 Å². The summed E-state index contributed by atoms with van der Waals surface area (Å²) in [5, 5.41) is 0. The van der Waals surface area contributed by atoms with Crippen molar-refractivity contribution >= 4 is 18.3 Å². The van der Waals surface area contributed by atoms with Gasteiger partial charge in [-0.1, -0.05) is 12.1 Å². The molecule has 2 unspecified atom stereocenters. The Morgan fingerprint density at radius 2 is 1.96 bits per heavy atom.